The maximum Gasteiger partial charge on any atom is 0.308 e. The molecule has 1 amide bonds. The Labute approximate surface area is 155 Å². The van der Waals surface area contributed by atoms with Gasteiger partial charge in [0, 0.05) is 12.5 Å². The molecule has 3 rings (SSSR count). The molecule has 27 heavy (non-hydrogen) atoms. The van der Waals surface area contributed by atoms with Crippen molar-refractivity contribution >= 4 is 18.1 Å². The van der Waals surface area contributed by atoms with Crippen molar-refractivity contribution in [1.82, 2.24) is 5.43 Å². The van der Waals surface area contributed by atoms with Crippen LogP contribution < -0.4 is 24.4 Å². The minimum absolute atomic E-state index is 0.308. The number of hydrazone groups is 1. The van der Waals surface area contributed by atoms with E-state index in [9.17, 15) is 9.59 Å². The van der Waals surface area contributed by atoms with Crippen LogP contribution in [0.15, 0.2) is 41.5 Å². The topological polar surface area (TPSA) is 95.5 Å². The van der Waals surface area contributed by atoms with Crippen LogP contribution in [0, 0.1) is 0 Å². The molecule has 2 aromatic carbocycles. The fourth-order valence-electron chi connectivity index (χ4n) is 2.42. The smallest absolute Gasteiger partial charge is 0.308 e. The number of rotatable bonds is 5. The van der Waals surface area contributed by atoms with Crippen molar-refractivity contribution in [1.29, 1.82) is 0 Å². The standard InChI is InChI=1S/C19H18N2O6/c1-12(22)27-16-5-3-13(9-17(16)24-2)11-20-21-19(23)14-4-6-15-18(10-14)26-8-7-25-15/h3-6,9-11H,7-8H2,1-2H3,(H,21,23)/b20-11+. The predicted octanol–water partition coefficient (Wildman–Crippen LogP) is 2.16. The first-order valence-electron chi connectivity index (χ1n) is 8.16. The number of fused-ring (bicyclic) bond motifs is 1. The van der Waals surface area contributed by atoms with E-state index in [1.54, 1.807) is 36.4 Å². The van der Waals surface area contributed by atoms with Crippen LogP contribution in [0.5, 0.6) is 23.0 Å². The summed E-state index contributed by atoms with van der Waals surface area (Å²) in [6, 6.07) is 9.83. The molecular weight excluding hydrogens is 352 g/mol. The van der Waals surface area contributed by atoms with Gasteiger partial charge in [-0.05, 0) is 42.0 Å². The molecule has 2 aromatic rings. The third-order valence-electron chi connectivity index (χ3n) is 3.63. The Balaban J connectivity index is 1.66. The van der Waals surface area contributed by atoms with Gasteiger partial charge < -0.3 is 18.9 Å². The van der Waals surface area contributed by atoms with Crippen molar-refractivity contribution < 1.29 is 28.5 Å². The number of nitrogens with zero attached hydrogens (tertiary/aromatic N) is 1. The number of hydrogen-bond donors (Lipinski definition) is 1. The van der Waals surface area contributed by atoms with Gasteiger partial charge >= 0.3 is 5.97 Å². The zero-order chi connectivity index (χ0) is 19.2. The van der Waals surface area contributed by atoms with Gasteiger partial charge in [0.15, 0.2) is 23.0 Å². The van der Waals surface area contributed by atoms with E-state index in [1.807, 2.05) is 0 Å². The first-order valence-corrected chi connectivity index (χ1v) is 8.16. The molecule has 0 spiro atoms. The lowest BCUT2D eigenvalue weighted by Crippen LogP contribution is -2.19. The van der Waals surface area contributed by atoms with Gasteiger partial charge in [0.2, 0.25) is 0 Å². The Morgan fingerprint density at radius 3 is 2.59 bits per heavy atom. The van der Waals surface area contributed by atoms with Crippen LogP contribution in [0.3, 0.4) is 0 Å². The fraction of sp³-hybridized carbons (Fsp3) is 0.211. The van der Waals surface area contributed by atoms with Gasteiger partial charge in [-0.25, -0.2) is 5.43 Å². The Morgan fingerprint density at radius 1 is 1.07 bits per heavy atom. The second-order valence-corrected chi connectivity index (χ2v) is 5.56. The summed E-state index contributed by atoms with van der Waals surface area (Å²) in [6.07, 6.45) is 1.45. The SMILES string of the molecule is COc1cc(/C=N/NC(=O)c2ccc3c(c2)OCCO3)ccc1OC(C)=O. The van der Waals surface area contributed by atoms with Crippen molar-refractivity contribution in [3.63, 3.8) is 0 Å². The summed E-state index contributed by atoms with van der Waals surface area (Å²) in [6.45, 7) is 2.24. The molecular formula is C19H18N2O6. The monoisotopic (exact) mass is 370 g/mol. The number of esters is 1. The Morgan fingerprint density at radius 2 is 1.85 bits per heavy atom. The number of methoxy groups -OCH3 is 1. The lowest BCUT2D eigenvalue weighted by Gasteiger charge is -2.18. The van der Waals surface area contributed by atoms with Crippen molar-refractivity contribution in [3.05, 3.63) is 47.5 Å². The molecule has 8 nitrogen and oxygen atoms in total. The first kappa shape index (κ1) is 18.2. The van der Waals surface area contributed by atoms with Crippen LogP contribution in [-0.2, 0) is 4.79 Å². The van der Waals surface area contributed by atoms with E-state index in [4.69, 9.17) is 18.9 Å². The molecule has 1 aliphatic rings. The van der Waals surface area contributed by atoms with Crippen LogP contribution >= 0.6 is 0 Å². The van der Waals surface area contributed by atoms with Gasteiger partial charge in [0.05, 0.1) is 13.3 Å². The zero-order valence-electron chi connectivity index (χ0n) is 14.9. The number of carbonyl (C=O) groups is 2. The van der Waals surface area contributed by atoms with Gasteiger partial charge in [0.1, 0.15) is 13.2 Å². The second kappa shape index (κ2) is 8.22. The summed E-state index contributed by atoms with van der Waals surface area (Å²) in [5.41, 5.74) is 3.51. The molecule has 140 valence electrons. The van der Waals surface area contributed by atoms with Crippen LogP contribution in [0.25, 0.3) is 0 Å². The summed E-state index contributed by atoms with van der Waals surface area (Å²) >= 11 is 0. The van der Waals surface area contributed by atoms with E-state index in [0.29, 0.717) is 47.3 Å². The number of benzene rings is 2. The molecule has 0 radical (unpaired) electrons. The first-order chi connectivity index (χ1) is 13.1. The molecule has 1 N–H and O–H groups in total. The average molecular weight is 370 g/mol. The maximum atomic E-state index is 12.2. The van der Waals surface area contributed by atoms with E-state index in [0.717, 1.165) is 0 Å². The molecule has 1 aliphatic heterocycles. The molecule has 1 heterocycles. The number of carbonyl (C=O) groups excluding carboxylic acids is 2. The summed E-state index contributed by atoms with van der Waals surface area (Å²) in [7, 11) is 1.47. The van der Waals surface area contributed by atoms with Gasteiger partial charge in [-0.2, -0.15) is 5.10 Å². The number of amides is 1. The lowest BCUT2D eigenvalue weighted by molar-refractivity contribution is -0.132. The van der Waals surface area contributed by atoms with Crippen LogP contribution in [0.2, 0.25) is 0 Å². The molecule has 0 saturated heterocycles. The summed E-state index contributed by atoms with van der Waals surface area (Å²) in [5, 5.41) is 3.94. The van der Waals surface area contributed by atoms with E-state index in [1.165, 1.54) is 20.2 Å². The third kappa shape index (κ3) is 4.55. The quantitative estimate of drug-likeness (QED) is 0.375. The summed E-state index contributed by atoms with van der Waals surface area (Å²) in [4.78, 5) is 23.3. The van der Waals surface area contributed by atoms with Crippen LogP contribution in [-0.4, -0.2) is 38.4 Å². The molecule has 0 saturated carbocycles. The van der Waals surface area contributed by atoms with Crippen molar-refractivity contribution in [3.8, 4) is 23.0 Å². The summed E-state index contributed by atoms with van der Waals surface area (Å²) < 4.78 is 21.1. The fourth-order valence-corrected chi connectivity index (χ4v) is 2.42. The highest BCUT2D eigenvalue weighted by Gasteiger charge is 2.14. The second-order valence-electron chi connectivity index (χ2n) is 5.56. The summed E-state index contributed by atoms with van der Waals surface area (Å²) in [5.74, 6) is 1.01. The van der Waals surface area contributed by atoms with E-state index >= 15 is 0 Å². The molecule has 0 aromatic heterocycles. The normalized spacial score (nSPS) is 12.5. The number of hydrogen-bond acceptors (Lipinski definition) is 7. The Hall–Kier alpha value is -3.55. The number of ether oxygens (including phenoxy) is 4. The number of nitrogens with one attached hydrogen (secondary N) is 1. The highest BCUT2D eigenvalue weighted by molar-refractivity contribution is 5.95. The van der Waals surface area contributed by atoms with Crippen molar-refractivity contribution in [2.75, 3.05) is 20.3 Å². The third-order valence-corrected chi connectivity index (χ3v) is 3.63. The van der Waals surface area contributed by atoms with E-state index < -0.39 is 5.97 Å². The van der Waals surface area contributed by atoms with Crippen LogP contribution in [0.4, 0.5) is 0 Å². The molecule has 0 atom stereocenters. The Bertz CT molecular complexity index is 894. The Kier molecular flexibility index (Phi) is 5.55. The minimum atomic E-state index is -0.443. The van der Waals surface area contributed by atoms with Gasteiger partial charge in [-0.3, -0.25) is 9.59 Å². The molecule has 0 fully saturated rings. The maximum absolute atomic E-state index is 12.2. The van der Waals surface area contributed by atoms with Gasteiger partial charge in [-0.15, -0.1) is 0 Å². The molecule has 0 aliphatic carbocycles. The van der Waals surface area contributed by atoms with Crippen molar-refractivity contribution in [2.45, 2.75) is 6.92 Å². The molecule has 0 bridgehead atoms. The van der Waals surface area contributed by atoms with Crippen LogP contribution in [0.1, 0.15) is 22.8 Å². The highest BCUT2D eigenvalue weighted by atomic mass is 16.6. The van der Waals surface area contributed by atoms with Gasteiger partial charge in [-0.1, -0.05) is 0 Å². The molecule has 8 heteroatoms. The zero-order valence-corrected chi connectivity index (χ0v) is 14.9. The van der Waals surface area contributed by atoms with E-state index in [2.05, 4.69) is 10.5 Å². The predicted molar refractivity (Wildman–Crippen MR) is 96.8 cm³/mol. The minimum Gasteiger partial charge on any atom is -0.493 e. The van der Waals surface area contributed by atoms with Crippen molar-refractivity contribution in [2.24, 2.45) is 5.10 Å². The van der Waals surface area contributed by atoms with Gasteiger partial charge in [0.25, 0.3) is 5.91 Å². The van der Waals surface area contributed by atoms with E-state index in [-0.39, 0.29) is 5.91 Å². The molecule has 0 unspecified atom stereocenters. The average Bonchev–Trinajstić information content (AvgIpc) is 2.68. The highest BCUT2D eigenvalue weighted by Crippen LogP contribution is 2.30. The largest absolute Gasteiger partial charge is 0.493 e. The lowest BCUT2D eigenvalue weighted by atomic mass is 10.2.